The second kappa shape index (κ2) is 5.54. The topological polar surface area (TPSA) is 64.2 Å². The maximum atomic E-state index is 12.0. The first kappa shape index (κ1) is 13.1. The quantitative estimate of drug-likeness (QED) is 0.823. The number of hydrogen-bond donors (Lipinski definition) is 1. The SMILES string of the molecule is C=CCn1ncc(N2CCC(CN)C2)c(Cl)c1=O. The number of nitrogens with zero attached hydrogens (tertiary/aromatic N) is 3. The normalized spacial score (nSPS) is 19.2. The molecule has 0 saturated carbocycles. The smallest absolute Gasteiger partial charge is 0.287 e. The van der Waals surface area contributed by atoms with E-state index in [9.17, 15) is 4.79 Å². The average Bonchev–Trinajstić information content (AvgIpc) is 2.84. The Morgan fingerprint density at radius 3 is 3.06 bits per heavy atom. The van der Waals surface area contributed by atoms with E-state index in [1.54, 1.807) is 12.3 Å². The van der Waals surface area contributed by atoms with Gasteiger partial charge in [0.05, 0.1) is 18.4 Å². The summed E-state index contributed by atoms with van der Waals surface area (Å²) in [5.74, 6) is 0.469. The van der Waals surface area contributed by atoms with Gasteiger partial charge in [0.2, 0.25) is 0 Å². The fraction of sp³-hybridized carbons (Fsp3) is 0.500. The third kappa shape index (κ3) is 2.42. The highest BCUT2D eigenvalue weighted by molar-refractivity contribution is 6.33. The Bertz CT molecular complexity index is 499. The highest BCUT2D eigenvalue weighted by Crippen LogP contribution is 2.26. The summed E-state index contributed by atoms with van der Waals surface area (Å²) in [6.45, 7) is 6.31. The summed E-state index contributed by atoms with van der Waals surface area (Å²) in [7, 11) is 0. The third-order valence-electron chi connectivity index (χ3n) is 3.23. The Kier molecular flexibility index (Phi) is 4.04. The van der Waals surface area contributed by atoms with Crippen molar-refractivity contribution in [1.29, 1.82) is 0 Å². The molecule has 2 N–H and O–H groups in total. The number of aromatic nitrogens is 2. The van der Waals surface area contributed by atoms with Crippen molar-refractivity contribution in [1.82, 2.24) is 9.78 Å². The maximum absolute atomic E-state index is 12.0. The molecule has 1 aliphatic rings. The predicted octanol–water partition coefficient (Wildman–Crippen LogP) is 0.868. The largest absolute Gasteiger partial charge is 0.369 e. The van der Waals surface area contributed by atoms with E-state index in [2.05, 4.69) is 16.6 Å². The molecule has 1 unspecified atom stereocenters. The fourth-order valence-corrected chi connectivity index (χ4v) is 2.44. The number of hydrogen-bond acceptors (Lipinski definition) is 4. The lowest BCUT2D eigenvalue weighted by Crippen LogP contribution is -2.28. The Labute approximate surface area is 111 Å². The molecule has 6 heteroatoms. The molecule has 98 valence electrons. The van der Waals surface area contributed by atoms with Crippen LogP contribution in [0, 0.1) is 5.92 Å². The van der Waals surface area contributed by atoms with Gasteiger partial charge in [0.25, 0.3) is 5.56 Å². The van der Waals surface area contributed by atoms with Crippen molar-refractivity contribution in [2.24, 2.45) is 11.7 Å². The molecule has 0 bridgehead atoms. The van der Waals surface area contributed by atoms with Crippen molar-refractivity contribution in [3.05, 3.63) is 34.2 Å². The Balaban J connectivity index is 2.27. The van der Waals surface area contributed by atoms with Crippen LogP contribution < -0.4 is 16.2 Å². The Morgan fingerprint density at radius 2 is 2.44 bits per heavy atom. The van der Waals surface area contributed by atoms with E-state index in [-0.39, 0.29) is 10.6 Å². The first-order valence-electron chi connectivity index (χ1n) is 5.99. The van der Waals surface area contributed by atoms with Crippen molar-refractivity contribution in [3.63, 3.8) is 0 Å². The number of rotatable bonds is 4. The molecule has 1 aromatic heterocycles. The molecule has 0 radical (unpaired) electrons. The van der Waals surface area contributed by atoms with Crippen molar-refractivity contribution in [3.8, 4) is 0 Å². The lowest BCUT2D eigenvalue weighted by Gasteiger charge is -2.19. The Hall–Kier alpha value is -1.33. The van der Waals surface area contributed by atoms with Gasteiger partial charge in [-0.25, -0.2) is 4.68 Å². The summed E-state index contributed by atoms with van der Waals surface area (Å²) in [6.07, 6.45) is 4.29. The van der Waals surface area contributed by atoms with Gasteiger partial charge >= 0.3 is 0 Å². The zero-order chi connectivity index (χ0) is 13.1. The minimum absolute atomic E-state index is 0.226. The molecule has 1 atom stereocenters. The zero-order valence-corrected chi connectivity index (χ0v) is 10.9. The second-order valence-electron chi connectivity index (χ2n) is 4.46. The highest BCUT2D eigenvalue weighted by atomic mass is 35.5. The average molecular weight is 269 g/mol. The van der Waals surface area contributed by atoms with Crippen LogP contribution in [0.3, 0.4) is 0 Å². The van der Waals surface area contributed by atoms with Gasteiger partial charge in [0.15, 0.2) is 0 Å². The molecule has 1 aromatic rings. The van der Waals surface area contributed by atoms with E-state index in [1.165, 1.54) is 4.68 Å². The van der Waals surface area contributed by atoms with Crippen LogP contribution in [0.5, 0.6) is 0 Å². The number of allylic oxidation sites excluding steroid dienone is 1. The number of nitrogens with two attached hydrogens (primary N) is 1. The van der Waals surface area contributed by atoms with Gasteiger partial charge in [-0.05, 0) is 18.9 Å². The van der Waals surface area contributed by atoms with E-state index in [4.69, 9.17) is 17.3 Å². The molecule has 1 aliphatic heterocycles. The molecule has 2 heterocycles. The van der Waals surface area contributed by atoms with Crippen LogP contribution in [0.1, 0.15) is 6.42 Å². The first-order chi connectivity index (χ1) is 8.67. The van der Waals surface area contributed by atoms with Crippen LogP contribution in [-0.4, -0.2) is 29.4 Å². The van der Waals surface area contributed by atoms with Crippen molar-refractivity contribution < 1.29 is 0 Å². The molecule has 2 rings (SSSR count). The van der Waals surface area contributed by atoms with E-state index < -0.39 is 0 Å². The number of anilines is 1. The van der Waals surface area contributed by atoms with E-state index in [1.807, 2.05) is 0 Å². The number of halogens is 1. The summed E-state index contributed by atoms with van der Waals surface area (Å²) >= 11 is 6.12. The van der Waals surface area contributed by atoms with Crippen molar-refractivity contribution in [2.45, 2.75) is 13.0 Å². The zero-order valence-electron chi connectivity index (χ0n) is 10.2. The van der Waals surface area contributed by atoms with Crippen LogP contribution >= 0.6 is 11.6 Å². The standard InChI is InChI=1S/C12H17ClN4O/c1-2-4-17-12(18)11(13)10(7-15-17)16-5-3-9(6-14)8-16/h2,7,9H,1,3-6,8,14H2. The van der Waals surface area contributed by atoms with Gasteiger partial charge in [-0.3, -0.25) is 4.79 Å². The van der Waals surface area contributed by atoms with Gasteiger partial charge < -0.3 is 10.6 Å². The second-order valence-corrected chi connectivity index (χ2v) is 4.83. The van der Waals surface area contributed by atoms with E-state index in [0.29, 0.717) is 24.7 Å². The summed E-state index contributed by atoms with van der Waals surface area (Å²) in [5, 5.41) is 4.33. The minimum Gasteiger partial charge on any atom is -0.369 e. The molecule has 0 aromatic carbocycles. The first-order valence-corrected chi connectivity index (χ1v) is 6.36. The van der Waals surface area contributed by atoms with E-state index in [0.717, 1.165) is 19.5 Å². The minimum atomic E-state index is -0.273. The van der Waals surface area contributed by atoms with Crippen LogP contribution in [0.15, 0.2) is 23.6 Å². The molecule has 0 spiro atoms. The summed E-state index contributed by atoms with van der Waals surface area (Å²) in [5.41, 5.74) is 6.09. The van der Waals surface area contributed by atoms with Crippen LogP contribution in [-0.2, 0) is 6.54 Å². The van der Waals surface area contributed by atoms with Crippen LogP contribution in [0.25, 0.3) is 0 Å². The van der Waals surface area contributed by atoms with Crippen molar-refractivity contribution >= 4 is 17.3 Å². The highest BCUT2D eigenvalue weighted by Gasteiger charge is 2.24. The maximum Gasteiger partial charge on any atom is 0.287 e. The van der Waals surface area contributed by atoms with Gasteiger partial charge in [-0.2, -0.15) is 5.10 Å². The van der Waals surface area contributed by atoms with Crippen molar-refractivity contribution in [2.75, 3.05) is 24.5 Å². The fourth-order valence-electron chi connectivity index (χ4n) is 2.17. The van der Waals surface area contributed by atoms with Gasteiger partial charge in [0.1, 0.15) is 5.02 Å². The third-order valence-corrected chi connectivity index (χ3v) is 3.58. The molecule has 0 aliphatic carbocycles. The van der Waals surface area contributed by atoms with Gasteiger partial charge in [-0.1, -0.05) is 17.7 Å². The molecule has 18 heavy (non-hydrogen) atoms. The summed E-state index contributed by atoms with van der Waals surface area (Å²) in [6, 6.07) is 0. The van der Waals surface area contributed by atoms with Gasteiger partial charge in [-0.15, -0.1) is 6.58 Å². The van der Waals surface area contributed by atoms with Crippen LogP contribution in [0.4, 0.5) is 5.69 Å². The lowest BCUT2D eigenvalue weighted by atomic mass is 10.1. The molecule has 5 nitrogen and oxygen atoms in total. The Morgan fingerprint density at radius 1 is 1.67 bits per heavy atom. The molecule has 0 amide bonds. The predicted molar refractivity (Wildman–Crippen MR) is 73.1 cm³/mol. The van der Waals surface area contributed by atoms with Gasteiger partial charge in [0, 0.05) is 13.1 Å². The summed E-state index contributed by atoms with van der Waals surface area (Å²) < 4.78 is 1.30. The molecule has 1 fully saturated rings. The lowest BCUT2D eigenvalue weighted by molar-refractivity contribution is 0.602. The van der Waals surface area contributed by atoms with E-state index >= 15 is 0 Å². The monoisotopic (exact) mass is 268 g/mol. The molecular formula is C12H17ClN4O. The molecular weight excluding hydrogens is 252 g/mol. The molecule has 1 saturated heterocycles. The van der Waals surface area contributed by atoms with Crippen LogP contribution in [0.2, 0.25) is 5.02 Å². The summed E-state index contributed by atoms with van der Waals surface area (Å²) in [4.78, 5) is 14.0.